The number of hydrogen-bond donors (Lipinski definition) is 0. The van der Waals surface area contributed by atoms with Crippen LogP contribution in [-0.2, 0) is 43.4 Å². The summed E-state index contributed by atoms with van der Waals surface area (Å²) in [6.45, 7) is 16.6. The molecule has 0 aromatic rings. The van der Waals surface area contributed by atoms with Crippen molar-refractivity contribution in [3.8, 4) is 0 Å². The molecule has 0 aromatic heterocycles. The second kappa shape index (κ2) is 11.6. The van der Waals surface area contributed by atoms with E-state index in [2.05, 4.69) is 61.7 Å². The second-order valence-electron chi connectivity index (χ2n) is 5.32. The van der Waals surface area contributed by atoms with Crippen LogP contribution in [0.3, 0.4) is 0 Å². The number of ether oxygens (including phenoxy) is 2. The molecule has 0 aromatic carbocycles. The van der Waals surface area contributed by atoms with Gasteiger partial charge in [0.25, 0.3) is 0 Å². The van der Waals surface area contributed by atoms with Gasteiger partial charge in [0.15, 0.2) is 0 Å². The minimum absolute atomic E-state index is 0.311. The minimum atomic E-state index is 0.311. The Labute approximate surface area is 131 Å². The van der Waals surface area contributed by atoms with Gasteiger partial charge in [0.05, 0.1) is 0 Å². The monoisotopic (exact) mass is 330 g/mol. The summed E-state index contributed by atoms with van der Waals surface area (Å²) in [5.74, 6) is 1.04. The topological polar surface area (TPSA) is 18.5 Å². The van der Waals surface area contributed by atoms with E-state index >= 15 is 0 Å². The van der Waals surface area contributed by atoms with E-state index in [-0.39, 0.29) is 0 Å². The Hall–Kier alpha value is 0.829. The first-order chi connectivity index (χ1) is 8.07. The Morgan fingerprint density at radius 1 is 0.611 bits per heavy atom. The van der Waals surface area contributed by atoms with E-state index in [0.717, 1.165) is 8.82 Å². The van der Waals surface area contributed by atoms with Gasteiger partial charge < -0.3 is 0 Å². The predicted molar refractivity (Wildman–Crippen MR) is 72.1 cm³/mol. The molecule has 106 valence electrons. The molecule has 2 nitrogen and oxygen atoms in total. The molecule has 0 N–H and O–H groups in total. The molecule has 0 saturated carbocycles. The SMILES string of the molecule is CC(C)O[C](=[V])C(C)C.CC(C)O[C](=[V])C(C)C. The van der Waals surface area contributed by atoms with Gasteiger partial charge in [-0.05, 0) is 0 Å². The van der Waals surface area contributed by atoms with Gasteiger partial charge in [0, 0.05) is 0 Å². The molecule has 0 radical (unpaired) electrons. The standard InChI is InChI=1S/2C7H14O.2V/c2*1-6(2)5-8-7(3)4;;/h2*6-7H,1-4H3;;. The Morgan fingerprint density at radius 3 is 0.889 bits per heavy atom. The Kier molecular flexibility index (Phi) is 13.7. The van der Waals surface area contributed by atoms with Crippen LogP contribution in [0.25, 0.3) is 0 Å². The quantitative estimate of drug-likeness (QED) is 0.742. The molecule has 0 atom stereocenters. The van der Waals surface area contributed by atoms with Gasteiger partial charge in [-0.2, -0.15) is 0 Å². The van der Waals surface area contributed by atoms with Gasteiger partial charge in [-0.15, -0.1) is 0 Å². The van der Waals surface area contributed by atoms with E-state index in [1.54, 1.807) is 0 Å². The Balaban J connectivity index is 0. The van der Waals surface area contributed by atoms with Crippen LogP contribution in [0.5, 0.6) is 0 Å². The van der Waals surface area contributed by atoms with Gasteiger partial charge in [0.1, 0.15) is 0 Å². The molecule has 0 spiro atoms. The van der Waals surface area contributed by atoms with Crippen molar-refractivity contribution in [3.63, 3.8) is 0 Å². The fourth-order valence-electron chi connectivity index (χ4n) is 0.755. The molecule has 0 fully saturated rings. The van der Waals surface area contributed by atoms with Crippen molar-refractivity contribution >= 4 is 8.82 Å². The molecule has 4 heteroatoms. The van der Waals surface area contributed by atoms with Crippen LogP contribution in [0.15, 0.2) is 0 Å². The molecule has 0 heterocycles. The molecular weight excluding hydrogens is 302 g/mol. The van der Waals surface area contributed by atoms with Crippen molar-refractivity contribution in [1.29, 1.82) is 0 Å². The molecule has 0 aliphatic heterocycles. The van der Waals surface area contributed by atoms with Crippen LogP contribution in [0.2, 0.25) is 0 Å². The van der Waals surface area contributed by atoms with Crippen molar-refractivity contribution < 1.29 is 43.4 Å². The van der Waals surface area contributed by atoms with Gasteiger partial charge in [0.2, 0.25) is 0 Å². The summed E-state index contributed by atoms with van der Waals surface area (Å²) in [7, 11) is 0. The maximum atomic E-state index is 5.40. The third-order valence-electron chi connectivity index (χ3n) is 1.70. The Bertz CT molecular complexity index is 220. The summed E-state index contributed by atoms with van der Waals surface area (Å²) in [4.78, 5) is 0. The summed E-state index contributed by atoms with van der Waals surface area (Å²) in [6, 6.07) is 0. The zero-order chi connectivity index (χ0) is 14.9. The van der Waals surface area contributed by atoms with Crippen molar-refractivity contribution in [2.24, 2.45) is 11.8 Å². The van der Waals surface area contributed by atoms with Crippen LogP contribution in [0.4, 0.5) is 0 Å². The van der Waals surface area contributed by atoms with E-state index in [9.17, 15) is 0 Å². The number of rotatable bonds is 6. The Morgan fingerprint density at radius 2 is 0.833 bits per heavy atom. The summed E-state index contributed by atoms with van der Waals surface area (Å²) >= 11 is 4.93. The third-order valence-corrected chi connectivity index (χ3v) is 3.64. The molecule has 0 amide bonds. The molecule has 0 aliphatic rings. The summed E-state index contributed by atoms with van der Waals surface area (Å²) in [5, 5.41) is 0. The van der Waals surface area contributed by atoms with Crippen LogP contribution in [0, 0.1) is 11.8 Å². The molecule has 18 heavy (non-hydrogen) atoms. The van der Waals surface area contributed by atoms with Crippen molar-refractivity contribution in [2.45, 2.75) is 67.6 Å². The maximum absolute atomic E-state index is 5.40. The fraction of sp³-hybridized carbons (Fsp3) is 0.857. The van der Waals surface area contributed by atoms with Crippen molar-refractivity contribution in [1.82, 2.24) is 0 Å². The normalized spacial score (nSPS) is 10.8. The van der Waals surface area contributed by atoms with Crippen molar-refractivity contribution in [2.75, 3.05) is 0 Å². The van der Waals surface area contributed by atoms with Gasteiger partial charge in [-0.1, -0.05) is 0 Å². The van der Waals surface area contributed by atoms with Crippen molar-refractivity contribution in [3.05, 3.63) is 0 Å². The second-order valence-corrected chi connectivity index (χ2v) is 6.70. The van der Waals surface area contributed by atoms with E-state index in [1.165, 1.54) is 0 Å². The molecular formula is C14H28O2V2. The summed E-state index contributed by atoms with van der Waals surface area (Å²) in [5.41, 5.74) is 0. The predicted octanol–water partition coefficient (Wildman–Crippen LogP) is 3.49. The van der Waals surface area contributed by atoms with E-state index in [0.29, 0.717) is 24.0 Å². The van der Waals surface area contributed by atoms with E-state index in [4.69, 9.17) is 9.47 Å². The van der Waals surface area contributed by atoms with Crippen LogP contribution in [-0.4, -0.2) is 21.0 Å². The summed E-state index contributed by atoms with van der Waals surface area (Å²) < 4.78 is 12.9. The molecule has 0 saturated heterocycles. The molecule has 0 aliphatic carbocycles. The zero-order valence-corrected chi connectivity index (χ0v) is 15.8. The van der Waals surface area contributed by atoms with E-state index in [1.807, 2.05) is 27.7 Å². The molecule has 0 bridgehead atoms. The molecule has 0 unspecified atom stereocenters. The van der Waals surface area contributed by atoms with Crippen LogP contribution >= 0.6 is 0 Å². The van der Waals surface area contributed by atoms with Gasteiger partial charge in [-0.3, -0.25) is 0 Å². The van der Waals surface area contributed by atoms with E-state index < -0.39 is 0 Å². The number of hydrogen-bond acceptors (Lipinski definition) is 2. The fourth-order valence-corrected chi connectivity index (χ4v) is 1.41. The first kappa shape index (κ1) is 21.1. The van der Waals surface area contributed by atoms with Gasteiger partial charge in [-0.25, -0.2) is 0 Å². The third kappa shape index (κ3) is 14.9. The first-order valence-corrected chi connectivity index (χ1v) is 7.92. The average molecular weight is 330 g/mol. The van der Waals surface area contributed by atoms with Gasteiger partial charge >= 0.3 is 132 Å². The van der Waals surface area contributed by atoms with Crippen LogP contribution < -0.4 is 0 Å². The molecule has 0 rings (SSSR count). The first-order valence-electron chi connectivity index (χ1n) is 6.52. The van der Waals surface area contributed by atoms with Crippen LogP contribution in [0.1, 0.15) is 55.4 Å². The summed E-state index contributed by atoms with van der Waals surface area (Å²) in [6.07, 6.45) is 0.621. The average Bonchev–Trinajstić information content (AvgIpc) is 2.16. The zero-order valence-electron chi connectivity index (χ0n) is 13.0.